The number of nitrogens with zero attached hydrogens (tertiary/aromatic N) is 1. The first-order valence-electron chi connectivity index (χ1n) is 7.00. The monoisotopic (exact) mass is 367 g/mol. The van der Waals surface area contributed by atoms with E-state index in [-0.39, 0.29) is 22.8 Å². The van der Waals surface area contributed by atoms with Crippen molar-refractivity contribution < 1.29 is 23.3 Å². The Morgan fingerprint density at radius 2 is 1.83 bits per heavy atom. The summed E-state index contributed by atoms with van der Waals surface area (Å²) in [6, 6.07) is 6.89. The highest BCUT2D eigenvalue weighted by atomic mass is 35.5. The standard InChI is InChI=1S/C16H14ClNO5S/c1-22-15(19)12-11-7-24(21)8-18(11)14(13(12)16(20)23-2)9-4-3-5-10(17)6-9/h3-6H,7-8H2,1-2H3/t24-/m1/s1. The topological polar surface area (TPSA) is 74.6 Å². The highest BCUT2D eigenvalue weighted by Crippen LogP contribution is 2.37. The van der Waals surface area contributed by atoms with Gasteiger partial charge in [-0.1, -0.05) is 23.7 Å². The Kier molecular flexibility index (Phi) is 4.47. The van der Waals surface area contributed by atoms with E-state index < -0.39 is 22.7 Å². The fourth-order valence-electron chi connectivity index (χ4n) is 2.86. The first-order valence-corrected chi connectivity index (χ1v) is 8.87. The number of rotatable bonds is 3. The SMILES string of the molecule is COC(=O)c1c(C(=O)OC)c(-c2cccc(Cl)c2)n2c1C[S@@](=O)C2. The van der Waals surface area contributed by atoms with Crippen LogP contribution in [0.2, 0.25) is 5.02 Å². The average Bonchev–Trinajstić information content (AvgIpc) is 3.07. The highest BCUT2D eigenvalue weighted by molar-refractivity contribution is 7.83. The maximum atomic E-state index is 12.4. The minimum atomic E-state index is -1.16. The van der Waals surface area contributed by atoms with Gasteiger partial charge in [-0.05, 0) is 12.1 Å². The lowest BCUT2D eigenvalue weighted by atomic mass is 10.0. The average molecular weight is 368 g/mol. The molecule has 1 aliphatic rings. The lowest BCUT2D eigenvalue weighted by Gasteiger charge is -2.09. The van der Waals surface area contributed by atoms with Crippen LogP contribution in [0.1, 0.15) is 26.4 Å². The minimum Gasteiger partial charge on any atom is -0.465 e. The maximum absolute atomic E-state index is 12.4. The summed E-state index contributed by atoms with van der Waals surface area (Å²) in [5.74, 6) is -0.947. The van der Waals surface area contributed by atoms with Gasteiger partial charge in [-0.3, -0.25) is 4.21 Å². The summed E-state index contributed by atoms with van der Waals surface area (Å²) in [5.41, 5.74) is 1.82. The number of fused-ring (bicyclic) bond motifs is 1. The van der Waals surface area contributed by atoms with Crippen LogP contribution in [0.5, 0.6) is 0 Å². The molecule has 8 heteroatoms. The van der Waals surface area contributed by atoms with Gasteiger partial charge in [0.2, 0.25) is 0 Å². The third-order valence-corrected chi connectivity index (χ3v) is 5.20. The van der Waals surface area contributed by atoms with E-state index in [2.05, 4.69) is 0 Å². The minimum absolute atomic E-state index is 0.102. The molecule has 1 aromatic heterocycles. The number of benzene rings is 1. The summed E-state index contributed by atoms with van der Waals surface area (Å²) in [5, 5.41) is 0.484. The quantitative estimate of drug-likeness (QED) is 0.779. The number of halogens is 1. The second kappa shape index (κ2) is 6.41. The van der Waals surface area contributed by atoms with E-state index in [0.29, 0.717) is 22.0 Å². The van der Waals surface area contributed by atoms with Crippen LogP contribution in [-0.2, 0) is 31.9 Å². The molecule has 126 valence electrons. The number of ether oxygens (including phenoxy) is 2. The summed E-state index contributed by atoms with van der Waals surface area (Å²) in [7, 11) is 1.32. The van der Waals surface area contributed by atoms with Gasteiger partial charge in [-0.2, -0.15) is 0 Å². The summed E-state index contributed by atoms with van der Waals surface area (Å²) in [6.45, 7) is 0. The van der Waals surface area contributed by atoms with Gasteiger partial charge in [0.1, 0.15) is 5.56 Å². The van der Waals surface area contributed by atoms with Crippen LogP contribution >= 0.6 is 11.6 Å². The van der Waals surface area contributed by atoms with E-state index in [1.54, 1.807) is 28.8 Å². The van der Waals surface area contributed by atoms with E-state index >= 15 is 0 Å². The molecule has 0 radical (unpaired) electrons. The predicted octanol–water partition coefficient (Wildman–Crippen LogP) is 2.60. The molecule has 0 unspecified atom stereocenters. The number of aromatic nitrogens is 1. The van der Waals surface area contributed by atoms with Gasteiger partial charge in [-0.25, -0.2) is 9.59 Å². The Morgan fingerprint density at radius 3 is 2.46 bits per heavy atom. The lowest BCUT2D eigenvalue weighted by molar-refractivity contribution is 0.0556. The molecule has 3 rings (SSSR count). The molecular weight excluding hydrogens is 354 g/mol. The van der Waals surface area contributed by atoms with E-state index in [0.717, 1.165) is 0 Å². The Hall–Kier alpha value is -2.12. The predicted molar refractivity (Wildman–Crippen MR) is 89.4 cm³/mol. The summed E-state index contributed by atoms with van der Waals surface area (Å²) < 4.78 is 23.4. The van der Waals surface area contributed by atoms with Crippen molar-refractivity contribution in [2.24, 2.45) is 0 Å². The fourth-order valence-corrected chi connectivity index (χ4v) is 4.32. The van der Waals surface area contributed by atoms with Crippen molar-refractivity contribution in [1.82, 2.24) is 4.57 Å². The highest BCUT2D eigenvalue weighted by Gasteiger charge is 2.36. The molecule has 0 saturated carbocycles. The van der Waals surface area contributed by atoms with E-state index in [1.807, 2.05) is 0 Å². The summed E-state index contributed by atoms with van der Waals surface area (Å²) in [4.78, 5) is 24.6. The van der Waals surface area contributed by atoms with Gasteiger partial charge < -0.3 is 14.0 Å². The molecule has 0 spiro atoms. The molecule has 0 saturated heterocycles. The Balaban J connectivity index is 2.37. The molecule has 0 aliphatic carbocycles. The number of carbonyl (C=O) groups is 2. The Morgan fingerprint density at radius 1 is 1.17 bits per heavy atom. The van der Waals surface area contributed by atoms with Crippen molar-refractivity contribution in [1.29, 1.82) is 0 Å². The molecule has 1 aliphatic heterocycles. The zero-order valence-corrected chi connectivity index (χ0v) is 14.6. The third kappa shape index (κ3) is 2.63. The Bertz CT molecular complexity index is 874. The van der Waals surface area contributed by atoms with Crippen LogP contribution in [0, 0.1) is 0 Å². The smallest absolute Gasteiger partial charge is 0.340 e. The van der Waals surface area contributed by atoms with Gasteiger partial charge in [0.25, 0.3) is 0 Å². The molecule has 0 fully saturated rings. The molecule has 6 nitrogen and oxygen atoms in total. The van der Waals surface area contributed by atoms with Crippen LogP contribution in [-0.4, -0.2) is 34.9 Å². The maximum Gasteiger partial charge on any atom is 0.340 e. The Labute approximate surface area is 145 Å². The number of esters is 2. The number of carbonyl (C=O) groups excluding carboxylic acids is 2. The van der Waals surface area contributed by atoms with E-state index in [4.69, 9.17) is 21.1 Å². The molecule has 1 atom stereocenters. The van der Waals surface area contributed by atoms with Crippen molar-refractivity contribution in [2.45, 2.75) is 11.6 Å². The molecule has 0 N–H and O–H groups in total. The fraction of sp³-hybridized carbons (Fsp3) is 0.250. The molecule has 0 bridgehead atoms. The summed E-state index contributed by atoms with van der Waals surface area (Å²) >= 11 is 6.06. The van der Waals surface area contributed by atoms with Crippen molar-refractivity contribution in [3.8, 4) is 11.3 Å². The molecule has 24 heavy (non-hydrogen) atoms. The van der Waals surface area contributed by atoms with Crippen LogP contribution in [0.3, 0.4) is 0 Å². The van der Waals surface area contributed by atoms with E-state index in [1.165, 1.54) is 14.2 Å². The normalized spacial score (nSPS) is 15.9. The van der Waals surface area contributed by atoms with Crippen LogP contribution in [0.4, 0.5) is 0 Å². The van der Waals surface area contributed by atoms with Crippen molar-refractivity contribution in [3.63, 3.8) is 0 Å². The van der Waals surface area contributed by atoms with Crippen LogP contribution in [0.15, 0.2) is 24.3 Å². The molecule has 1 aromatic carbocycles. The lowest BCUT2D eigenvalue weighted by Crippen LogP contribution is -2.12. The van der Waals surface area contributed by atoms with Crippen molar-refractivity contribution in [3.05, 3.63) is 46.1 Å². The van der Waals surface area contributed by atoms with Gasteiger partial charge in [0, 0.05) is 27.1 Å². The number of hydrogen-bond donors (Lipinski definition) is 0. The zero-order valence-electron chi connectivity index (χ0n) is 13.0. The molecular formula is C16H14ClNO5S. The van der Waals surface area contributed by atoms with Gasteiger partial charge in [-0.15, -0.1) is 0 Å². The molecule has 2 aromatic rings. The first kappa shape index (κ1) is 16.7. The molecule has 0 amide bonds. The zero-order chi connectivity index (χ0) is 17.4. The summed E-state index contributed by atoms with van der Waals surface area (Å²) in [6.07, 6.45) is 0. The second-order valence-corrected chi connectivity index (χ2v) is 7.04. The number of methoxy groups -OCH3 is 2. The number of hydrogen-bond acceptors (Lipinski definition) is 5. The van der Waals surface area contributed by atoms with Crippen molar-refractivity contribution in [2.75, 3.05) is 14.2 Å². The van der Waals surface area contributed by atoms with Gasteiger partial charge in [0.05, 0.1) is 37.1 Å². The molecule has 2 heterocycles. The largest absolute Gasteiger partial charge is 0.465 e. The third-order valence-electron chi connectivity index (χ3n) is 3.82. The van der Waals surface area contributed by atoms with Gasteiger partial charge >= 0.3 is 11.9 Å². The van der Waals surface area contributed by atoms with Gasteiger partial charge in [0.15, 0.2) is 0 Å². The van der Waals surface area contributed by atoms with Crippen LogP contribution in [0.25, 0.3) is 11.3 Å². The van der Waals surface area contributed by atoms with Crippen molar-refractivity contribution >= 4 is 34.3 Å². The van der Waals surface area contributed by atoms with Crippen LogP contribution < -0.4 is 0 Å². The van der Waals surface area contributed by atoms with E-state index in [9.17, 15) is 13.8 Å². The second-order valence-electron chi connectivity index (χ2n) is 5.18. The first-order chi connectivity index (χ1) is 11.5.